The van der Waals surface area contributed by atoms with Gasteiger partial charge in [0.05, 0.1) is 5.56 Å². The topological polar surface area (TPSA) is 64.9 Å². The van der Waals surface area contributed by atoms with Crippen molar-refractivity contribution < 1.29 is 4.52 Å². The van der Waals surface area contributed by atoms with Gasteiger partial charge in [-0.05, 0) is 19.1 Å². The Morgan fingerprint density at radius 3 is 2.57 bits per heavy atom. The van der Waals surface area contributed by atoms with Crippen LogP contribution in [0.3, 0.4) is 0 Å². The molecule has 0 saturated heterocycles. The van der Waals surface area contributed by atoms with Crippen LogP contribution in [-0.2, 0) is 0 Å². The van der Waals surface area contributed by atoms with Crippen LogP contribution in [0.2, 0.25) is 0 Å². The highest BCUT2D eigenvalue weighted by Gasteiger charge is 2.12. The molecule has 0 aliphatic heterocycles. The number of nitrogen functional groups attached to an aromatic ring is 1. The zero-order valence-electron chi connectivity index (χ0n) is 11.5. The van der Waals surface area contributed by atoms with Gasteiger partial charge in [-0.1, -0.05) is 47.3 Å². The molecule has 2 heterocycles. The molecule has 0 atom stereocenters. The molecule has 0 fully saturated rings. The maximum Gasteiger partial charge on any atom is 0.149 e. The molecule has 0 unspecified atom stereocenters. The summed E-state index contributed by atoms with van der Waals surface area (Å²) < 4.78 is 5.27. The minimum atomic E-state index is 0.478. The molecule has 0 saturated carbocycles. The van der Waals surface area contributed by atoms with Gasteiger partial charge < -0.3 is 10.3 Å². The van der Waals surface area contributed by atoms with E-state index in [1.165, 1.54) is 0 Å². The number of pyridine rings is 1. The number of hydrogen-bond acceptors (Lipinski definition) is 4. The summed E-state index contributed by atoms with van der Waals surface area (Å²) in [4.78, 5) is 4.02. The molecule has 2 aromatic heterocycles. The second kappa shape index (κ2) is 5.51. The zero-order valence-corrected chi connectivity index (χ0v) is 11.5. The fourth-order valence-corrected chi connectivity index (χ4v) is 1.93. The molecule has 0 aliphatic carbocycles. The van der Waals surface area contributed by atoms with Crippen LogP contribution in [0.4, 0.5) is 5.82 Å². The lowest BCUT2D eigenvalue weighted by Gasteiger charge is -1.95. The first-order valence-electron chi connectivity index (χ1n) is 6.49. The van der Waals surface area contributed by atoms with Crippen molar-refractivity contribution in [3.63, 3.8) is 0 Å². The third kappa shape index (κ3) is 2.77. The van der Waals surface area contributed by atoms with Crippen molar-refractivity contribution in [3.8, 4) is 23.1 Å². The van der Waals surface area contributed by atoms with Crippen molar-refractivity contribution >= 4 is 5.82 Å². The third-order valence-corrected chi connectivity index (χ3v) is 3.03. The van der Waals surface area contributed by atoms with Gasteiger partial charge >= 0.3 is 0 Å². The number of benzene rings is 1. The molecule has 4 nitrogen and oxygen atoms in total. The number of nitrogens with zero attached hydrogens (tertiary/aromatic N) is 2. The molecule has 0 radical (unpaired) electrons. The second-order valence-corrected chi connectivity index (χ2v) is 4.55. The predicted octanol–water partition coefficient (Wildman–Crippen LogP) is 3.03. The van der Waals surface area contributed by atoms with Gasteiger partial charge in [-0.15, -0.1) is 0 Å². The first kappa shape index (κ1) is 12.9. The molecule has 0 aliphatic rings. The molecule has 4 heteroatoms. The van der Waals surface area contributed by atoms with Crippen LogP contribution in [0.25, 0.3) is 11.3 Å². The quantitative estimate of drug-likeness (QED) is 0.693. The molecule has 0 spiro atoms. The fraction of sp³-hybridized carbons (Fsp3) is 0.0588. The lowest BCUT2D eigenvalue weighted by Crippen LogP contribution is -1.89. The smallest absolute Gasteiger partial charge is 0.149 e. The van der Waals surface area contributed by atoms with E-state index in [9.17, 15) is 0 Å². The Hall–Kier alpha value is -3.06. The Morgan fingerprint density at radius 2 is 1.86 bits per heavy atom. The van der Waals surface area contributed by atoms with Crippen LogP contribution in [0.15, 0.2) is 53.2 Å². The van der Waals surface area contributed by atoms with E-state index in [0.717, 1.165) is 22.4 Å². The number of hydrogen-bond donors (Lipinski definition) is 1. The molecule has 1 aromatic carbocycles. The van der Waals surface area contributed by atoms with Crippen LogP contribution in [0, 0.1) is 18.8 Å². The average molecular weight is 275 g/mol. The van der Waals surface area contributed by atoms with Crippen LogP contribution >= 0.6 is 0 Å². The fourth-order valence-electron chi connectivity index (χ4n) is 1.93. The van der Waals surface area contributed by atoms with Crippen molar-refractivity contribution in [1.29, 1.82) is 0 Å². The summed E-state index contributed by atoms with van der Waals surface area (Å²) >= 11 is 0. The Kier molecular flexibility index (Phi) is 3.40. The summed E-state index contributed by atoms with van der Waals surface area (Å²) in [7, 11) is 0. The summed E-state index contributed by atoms with van der Waals surface area (Å²) in [5.41, 5.74) is 8.88. The molecule has 2 N–H and O–H groups in total. The van der Waals surface area contributed by atoms with Gasteiger partial charge in [-0.25, -0.2) is 4.98 Å². The van der Waals surface area contributed by atoms with Gasteiger partial charge in [-0.2, -0.15) is 0 Å². The van der Waals surface area contributed by atoms with Gasteiger partial charge in [0.25, 0.3) is 0 Å². The number of nitrogens with two attached hydrogens (primary N) is 1. The number of aryl methyl sites for hydroxylation is 1. The number of aromatic nitrogens is 2. The number of rotatable bonds is 1. The SMILES string of the molecule is Cc1onc(-c2ccccc2)c1C#Cc1ccc(N)nc1. The molecular formula is C17H13N3O. The minimum Gasteiger partial charge on any atom is -0.384 e. The van der Waals surface area contributed by atoms with Crippen molar-refractivity contribution in [2.75, 3.05) is 5.73 Å². The average Bonchev–Trinajstić information content (AvgIpc) is 2.89. The summed E-state index contributed by atoms with van der Waals surface area (Å²) in [6.07, 6.45) is 1.65. The lowest BCUT2D eigenvalue weighted by molar-refractivity contribution is 0.399. The van der Waals surface area contributed by atoms with Gasteiger partial charge in [0.2, 0.25) is 0 Å². The molecule has 3 aromatic rings. The van der Waals surface area contributed by atoms with Gasteiger partial charge in [0.15, 0.2) is 0 Å². The number of anilines is 1. The molecule has 0 bridgehead atoms. The Labute approximate surface area is 122 Å². The Balaban J connectivity index is 2.01. The van der Waals surface area contributed by atoms with E-state index >= 15 is 0 Å². The predicted molar refractivity (Wildman–Crippen MR) is 81.3 cm³/mol. The normalized spacial score (nSPS) is 9.95. The highest BCUT2D eigenvalue weighted by molar-refractivity contribution is 5.68. The first-order chi connectivity index (χ1) is 10.2. The van der Waals surface area contributed by atoms with Gasteiger partial charge in [0.1, 0.15) is 17.3 Å². The molecule has 0 amide bonds. The monoisotopic (exact) mass is 275 g/mol. The highest BCUT2D eigenvalue weighted by Crippen LogP contribution is 2.24. The van der Waals surface area contributed by atoms with Crippen LogP contribution in [0.1, 0.15) is 16.9 Å². The van der Waals surface area contributed by atoms with Crippen molar-refractivity contribution in [2.24, 2.45) is 0 Å². The maximum atomic E-state index is 5.56. The summed E-state index contributed by atoms with van der Waals surface area (Å²) in [6.45, 7) is 1.85. The largest absolute Gasteiger partial charge is 0.384 e. The maximum absolute atomic E-state index is 5.56. The van der Waals surface area contributed by atoms with Crippen LogP contribution < -0.4 is 5.73 Å². The Bertz CT molecular complexity index is 809. The lowest BCUT2D eigenvalue weighted by atomic mass is 10.1. The van der Waals surface area contributed by atoms with E-state index in [0.29, 0.717) is 11.6 Å². The first-order valence-corrected chi connectivity index (χ1v) is 6.49. The second-order valence-electron chi connectivity index (χ2n) is 4.55. The van der Waals surface area contributed by atoms with Crippen LogP contribution in [-0.4, -0.2) is 10.1 Å². The standard InChI is InChI=1S/C17H13N3O/c1-12-15(9-7-13-8-10-16(18)19-11-13)17(20-21-12)14-5-3-2-4-6-14/h2-6,8,10-11H,1H3,(H2,18,19). The van der Waals surface area contributed by atoms with Gasteiger partial charge in [-0.3, -0.25) is 0 Å². The van der Waals surface area contributed by atoms with Crippen molar-refractivity contribution in [3.05, 3.63) is 65.5 Å². The molecule has 102 valence electrons. The van der Waals surface area contributed by atoms with E-state index in [1.807, 2.05) is 43.3 Å². The van der Waals surface area contributed by atoms with E-state index in [-0.39, 0.29) is 0 Å². The third-order valence-electron chi connectivity index (χ3n) is 3.03. The van der Waals surface area contributed by atoms with Crippen molar-refractivity contribution in [2.45, 2.75) is 6.92 Å². The molecule has 3 rings (SSSR count). The van der Waals surface area contributed by atoms with E-state index in [4.69, 9.17) is 10.3 Å². The summed E-state index contributed by atoms with van der Waals surface area (Å²) in [5, 5.41) is 4.10. The minimum absolute atomic E-state index is 0.478. The van der Waals surface area contributed by atoms with E-state index in [2.05, 4.69) is 22.0 Å². The van der Waals surface area contributed by atoms with E-state index in [1.54, 1.807) is 12.3 Å². The summed E-state index contributed by atoms with van der Waals surface area (Å²) in [5.74, 6) is 7.34. The van der Waals surface area contributed by atoms with E-state index < -0.39 is 0 Å². The van der Waals surface area contributed by atoms with Gasteiger partial charge in [0, 0.05) is 17.3 Å². The van der Waals surface area contributed by atoms with Crippen LogP contribution in [0.5, 0.6) is 0 Å². The Morgan fingerprint density at radius 1 is 1.05 bits per heavy atom. The molecular weight excluding hydrogens is 262 g/mol. The molecule has 21 heavy (non-hydrogen) atoms. The van der Waals surface area contributed by atoms with Crippen molar-refractivity contribution in [1.82, 2.24) is 10.1 Å². The summed E-state index contributed by atoms with van der Waals surface area (Å²) in [6, 6.07) is 13.4. The zero-order chi connectivity index (χ0) is 14.7. The highest BCUT2D eigenvalue weighted by atomic mass is 16.5.